The van der Waals surface area contributed by atoms with Crippen LogP contribution in [0.3, 0.4) is 0 Å². The molecular weight excluding hydrogens is 273 g/mol. The predicted molar refractivity (Wildman–Crippen MR) is 76.3 cm³/mol. The molecule has 6 heteroatoms. The SMILES string of the molecule is CC(C)C(N)CNC(=O)Nc1cc(Cl)cc(Cl)c1. The van der Waals surface area contributed by atoms with E-state index in [9.17, 15) is 4.79 Å². The van der Waals surface area contributed by atoms with Crippen LogP contribution in [0.15, 0.2) is 18.2 Å². The summed E-state index contributed by atoms with van der Waals surface area (Å²) in [6.45, 7) is 4.42. The molecule has 1 atom stereocenters. The maximum Gasteiger partial charge on any atom is 0.319 e. The highest BCUT2D eigenvalue weighted by Gasteiger charge is 2.09. The molecule has 0 radical (unpaired) electrons. The molecule has 0 saturated heterocycles. The smallest absolute Gasteiger partial charge is 0.319 e. The first-order valence-electron chi connectivity index (χ1n) is 5.65. The van der Waals surface area contributed by atoms with Gasteiger partial charge < -0.3 is 16.4 Å². The van der Waals surface area contributed by atoms with E-state index in [0.29, 0.717) is 28.2 Å². The van der Waals surface area contributed by atoms with Crippen molar-refractivity contribution < 1.29 is 4.79 Å². The van der Waals surface area contributed by atoms with Gasteiger partial charge in [0.2, 0.25) is 0 Å². The van der Waals surface area contributed by atoms with Crippen LogP contribution in [0.5, 0.6) is 0 Å². The highest BCUT2D eigenvalue weighted by molar-refractivity contribution is 6.35. The summed E-state index contributed by atoms with van der Waals surface area (Å²) in [5, 5.41) is 6.27. The van der Waals surface area contributed by atoms with Crippen molar-refractivity contribution in [3.63, 3.8) is 0 Å². The van der Waals surface area contributed by atoms with E-state index in [1.54, 1.807) is 18.2 Å². The number of nitrogens with two attached hydrogens (primary N) is 1. The molecule has 4 N–H and O–H groups in total. The average molecular weight is 290 g/mol. The van der Waals surface area contributed by atoms with Gasteiger partial charge in [-0.1, -0.05) is 37.0 Å². The zero-order chi connectivity index (χ0) is 13.7. The summed E-state index contributed by atoms with van der Waals surface area (Å²) in [5.74, 6) is 0.311. The lowest BCUT2D eigenvalue weighted by molar-refractivity contribution is 0.250. The molecule has 1 aromatic carbocycles. The first-order valence-corrected chi connectivity index (χ1v) is 6.40. The molecule has 1 rings (SSSR count). The third-order valence-corrected chi connectivity index (χ3v) is 2.91. The van der Waals surface area contributed by atoms with Gasteiger partial charge in [-0.3, -0.25) is 0 Å². The lowest BCUT2D eigenvalue weighted by Crippen LogP contribution is -2.42. The van der Waals surface area contributed by atoms with Gasteiger partial charge in [0.25, 0.3) is 0 Å². The minimum absolute atomic E-state index is 0.0706. The van der Waals surface area contributed by atoms with Gasteiger partial charge in [0.1, 0.15) is 0 Å². The summed E-state index contributed by atoms with van der Waals surface area (Å²) in [6, 6.07) is 4.44. The molecule has 0 aromatic heterocycles. The monoisotopic (exact) mass is 289 g/mol. The minimum Gasteiger partial charge on any atom is -0.336 e. The largest absolute Gasteiger partial charge is 0.336 e. The van der Waals surface area contributed by atoms with Crippen molar-refractivity contribution >= 4 is 34.9 Å². The Kier molecular flexibility index (Phi) is 5.72. The molecule has 100 valence electrons. The summed E-state index contributed by atoms with van der Waals surface area (Å²) in [4.78, 5) is 11.6. The van der Waals surface area contributed by atoms with Crippen molar-refractivity contribution in [2.75, 3.05) is 11.9 Å². The number of halogens is 2. The Morgan fingerprint density at radius 3 is 2.33 bits per heavy atom. The fourth-order valence-electron chi connectivity index (χ4n) is 1.25. The summed E-state index contributed by atoms with van der Waals surface area (Å²) in [7, 11) is 0. The van der Waals surface area contributed by atoms with E-state index in [1.165, 1.54) is 0 Å². The quantitative estimate of drug-likeness (QED) is 0.797. The lowest BCUT2D eigenvalue weighted by atomic mass is 10.1. The topological polar surface area (TPSA) is 67.1 Å². The lowest BCUT2D eigenvalue weighted by Gasteiger charge is -2.16. The molecule has 0 spiro atoms. The number of hydrogen-bond acceptors (Lipinski definition) is 2. The first-order chi connectivity index (χ1) is 8.38. The van der Waals surface area contributed by atoms with Crippen LogP contribution in [0.2, 0.25) is 10.0 Å². The van der Waals surface area contributed by atoms with Gasteiger partial charge in [-0.15, -0.1) is 0 Å². The van der Waals surface area contributed by atoms with Crippen molar-refractivity contribution in [3.05, 3.63) is 28.2 Å². The van der Waals surface area contributed by atoms with Crippen LogP contribution in [0.25, 0.3) is 0 Å². The van der Waals surface area contributed by atoms with Gasteiger partial charge in [0.05, 0.1) is 0 Å². The second kappa shape index (κ2) is 6.83. The van der Waals surface area contributed by atoms with Crippen LogP contribution in [-0.4, -0.2) is 18.6 Å². The summed E-state index contributed by atoms with van der Waals surface area (Å²) >= 11 is 11.7. The Labute approximate surface area is 117 Å². The van der Waals surface area contributed by atoms with Crippen LogP contribution in [0.4, 0.5) is 10.5 Å². The Bertz CT molecular complexity index is 404. The van der Waals surface area contributed by atoms with Crippen LogP contribution in [-0.2, 0) is 0 Å². The van der Waals surface area contributed by atoms with E-state index < -0.39 is 0 Å². The molecule has 0 aliphatic heterocycles. The van der Waals surface area contributed by atoms with E-state index in [-0.39, 0.29) is 12.1 Å². The number of rotatable bonds is 4. The molecule has 0 aliphatic carbocycles. The number of benzene rings is 1. The zero-order valence-electron chi connectivity index (χ0n) is 10.3. The highest BCUT2D eigenvalue weighted by atomic mass is 35.5. The number of amides is 2. The Morgan fingerprint density at radius 1 is 1.28 bits per heavy atom. The van der Waals surface area contributed by atoms with Crippen LogP contribution < -0.4 is 16.4 Å². The van der Waals surface area contributed by atoms with Gasteiger partial charge in [0, 0.05) is 28.3 Å². The second-order valence-electron chi connectivity index (χ2n) is 4.40. The molecular formula is C12H17Cl2N3O. The van der Waals surface area contributed by atoms with Gasteiger partial charge in [-0.2, -0.15) is 0 Å². The standard InChI is InChI=1S/C12H17Cl2N3O/c1-7(2)11(15)6-16-12(18)17-10-4-8(13)3-9(14)5-10/h3-5,7,11H,6,15H2,1-2H3,(H2,16,17,18). The third kappa shape index (κ3) is 5.12. The number of carbonyl (C=O) groups is 1. The summed E-state index contributed by atoms with van der Waals surface area (Å²) in [6.07, 6.45) is 0. The number of urea groups is 1. The van der Waals surface area contributed by atoms with Gasteiger partial charge in [0.15, 0.2) is 0 Å². The molecule has 0 fully saturated rings. The van der Waals surface area contributed by atoms with Crippen LogP contribution >= 0.6 is 23.2 Å². The van der Waals surface area contributed by atoms with E-state index in [0.717, 1.165) is 0 Å². The van der Waals surface area contributed by atoms with Gasteiger partial charge in [-0.05, 0) is 24.1 Å². The molecule has 2 amide bonds. The van der Waals surface area contributed by atoms with Crippen molar-refractivity contribution in [3.8, 4) is 0 Å². The predicted octanol–water partition coefficient (Wildman–Crippen LogP) is 3.10. The van der Waals surface area contributed by atoms with Crippen molar-refractivity contribution in [1.29, 1.82) is 0 Å². The fourth-order valence-corrected chi connectivity index (χ4v) is 1.77. The molecule has 18 heavy (non-hydrogen) atoms. The minimum atomic E-state index is -0.329. The van der Waals surface area contributed by atoms with Crippen molar-refractivity contribution in [2.24, 2.45) is 11.7 Å². The molecule has 0 saturated carbocycles. The second-order valence-corrected chi connectivity index (χ2v) is 5.27. The number of hydrogen-bond donors (Lipinski definition) is 3. The van der Waals surface area contributed by atoms with Crippen LogP contribution in [0, 0.1) is 5.92 Å². The fraction of sp³-hybridized carbons (Fsp3) is 0.417. The van der Waals surface area contributed by atoms with Crippen molar-refractivity contribution in [1.82, 2.24) is 5.32 Å². The molecule has 0 heterocycles. The number of carbonyl (C=O) groups excluding carboxylic acids is 1. The Morgan fingerprint density at radius 2 is 1.83 bits per heavy atom. The van der Waals surface area contributed by atoms with Crippen LogP contribution in [0.1, 0.15) is 13.8 Å². The highest BCUT2D eigenvalue weighted by Crippen LogP contribution is 2.22. The molecule has 0 aliphatic rings. The van der Waals surface area contributed by atoms with E-state index >= 15 is 0 Å². The zero-order valence-corrected chi connectivity index (χ0v) is 11.8. The van der Waals surface area contributed by atoms with E-state index in [4.69, 9.17) is 28.9 Å². The van der Waals surface area contributed by atoms with Gasteiger partial charge in [-0.25, -0.2) is 4.79 Å². The molecule has 4 nitrogen and oxygen atoms in total. The number of nitrogens with one attached hydrogen (secondary N) is 2. The third-order valence-electron chi connectivity index (χ3n) is 2.48. The van der Waals surface area contributed by atoms with E-state index in [2.05, 4.69) is 10.6 Å². The first kappa shape index (κ1) is 15.1. The summed E-state index contributed by atoms with van der Waals surface area (Å²) in [5.41, 5.74) is 6.37. The molecule has 1 unspecified atom stereocenters. The number of anilines is 1. The van der Waals surface area contributed by atoms with Crippen molar-refractivity contribution in [2.45, 2.75) is 19.9 Å². The molecule has 0 bridgehead atoms. The normalized spacial score (nSPS) is 12.3. The Hall–Kier alpha value is -0.970. The van der Waals surface area contributed by atoms with Gasteiger partial charge >= 0.3 is 6.03 Å². The Balaban J connectivity index is 2.49. The maximum atomic E-state index is 11.6. The summed E-state index contributed by atoms with van der Waals surface area (Å²) < 4.78 is 0. The maximum absolute atomic E-state index is 11.6. The average Bonchev–Trinajstić information content (AvgIpc) is 2.24. The van der Waals surface area contributed by atoms with E-state index in [1.807, 2.05) is 13.8 Å². The molecule has 1 aromatic rings.